The van der Waals surface area contributed by atoms with Crippen LogP contribution in [0.4, 0.5) is 10.9 Å². The standard InChI is InChI=1S/C15H15N7OS/c16-13(23)10-3-4-12(17-5-10)19-15-20-14(21-24-15)11-6-18-22(8-11)7-9-1-2-9/h3-6,8-9H,1-2,7H2,(H2,16,23)(H,17,19,20,21). The van der Waals surface area contributed by atoms with Gasteiger partial charge in [-0.25, -0.2) is 4.98 Å². The van der Waals surface area contributed by atoms with Crippen molar-refractivity contribution in [1.82, 2.24) is 24.1 Å². The molecule has 0 unspecified atom stereocenters. The van der Waals surface area contributed by atoms with Gasteiger partial charge >= 0.3 is 0 Å². The van der Waals surface area contributed by atoms with E-state index in [2.05, 4.69) is 24.8 Å². The second kappa shape index (κ2) is 6.00. The number of rotatable bonds is 6. The van der Waals surface area contributed by atoms with Crippen LogP contribution in [0.3, 0.4) is 0 Å². The van der Waals surface area contributed by atoms with Crippen molar-refractivity contribution in [3.63, 3.8) is 0 Å². The van der Waals surface area contributed by atoms with Gasteiger partial charge in [0.1, 0.15) is 5.82 Å². The van der Waals surface area contributed by atoms with E-state index in [4.69, 9.17) is 5.73 Å². The fraction of sp³-hybridized carbons (Fsp3) is 0.267. The van der Waals surface area contributed by atoms with Crippen molar-refractivity contribution in [3.8, 4) is 11.4 Å². The van der Waals surface area contributed by atoms with Gasteiger partial charge in [0.2, 0.25) is 11.0 Å². The van der Waals surface area contributed by atoms with Gasteiger partial charge in [-0.3, -0.25) is 9.48 Å². The normalized spacial score (nSPS) is 13.8. The van der Waals surface area contributed by atoms with Crippen molar-refractivity contribution >= 4 is 28.4 Å². The first-order valence-corrected chi connectivity index (χ1v) is 8.34. The highest BCUT2D eigenvalue weighted by molar-refractivity contribution is 7.09. The number of amides is 1. The van der Waals surface area contributed by atoms with E-state index in [9.17, 15) is 4.79 Å². The Morgan fingerprint density at radius 1 is 1.38 bits per heavy atom. The number of hydrogen-bond acceptors (Lipinski definition) is 7. The molecule has 1 fully saturated rings. The van der Waals surface area contributed by atoms with Gasteiger partial charge in [-0.05, 0) is 30.9 Å². The number of primary amides is 1. The van der Waals surface area contributed by atoms with Crippen molar-refractivity contribution in [2.24, 2.45) is 11.7 Å². The number of anilines is 2. The summed E-state index contributed by atoms with van der Waals surface area (Å²) in [5.74, 6) is 1.48. The van der Waals surface area contributed by atoms with Crippen LogP contribution in [0, 0.1) is 5.92 Å². The Morgan fingerprint density at radius 3 is 2.96 bits per heavy atom. The van der Waals surface area contributed by atoms with Gasteiger partial charge in [0.25, 0.3) is 0 Å². The lowest BCUT2D eigenvalue weighted by Crippen LogP contribution is -2.11. The van der Waals surface area contributed by atoms with Gasteiger partial charge in [0, 0.05) is 30.5 Å². The number of pyridine rings is 1. The smallest absolute Gasteiger partial charge is 0.250 e. The Balaban J connectivity index is 1.45. The third-order valence-corrected chi connectivity index (χ3v) is 4.37. The van der Waals surface area contributed by atoms with Crippen LogP contribution in [-0.4, -0.2) is 30.0 Å². The van der Waals surface area contributed by atoms with Crippen LogP contribution in [0.5, 0.6) is 0 Å². The molecule has 1 aliphatic rings. The number of nitrogens with one attached hydrogen (secondary N) is 1. The maximum absolute atomic E-state index is 11.0. The van der Waals surface area contributed by atoms with E-state index in [0.29, 0.717) is 22.3 Å². The molecule has 1 aliphatic carbocycles. The van der Waals surface area contributed by atoms with E-state index < -0.39 is 5.91 Å². The van der Waals surface area contributed by atoms with E-state index in [1.54, 1.807) is 18.3 Å². The number of nitrogens with zero attached hydrogens (tertiary/aromatic N) is 5. The second-order valence-electron chi connectivity index (χ2n) is 5.74. The number of carbonyl (C=O) groups excluding carboxylic acids is 1. The fourth-order valence-corrected chi connectivity index (χ4v) is 2.86. The van der Waals surface area contributed by atoms with Crippen molar-refractivity contribution < 1.29 is 4.79 Å². The maximum atomic E-state index is 11.0. The molecule has 0 radical (unpaired) electrons. The van der Waals surface area contributed by atoms with Crippen LogP contribution in [0.25, 0.3) is 11.4 Å². The third-order valence-electron chi connectivity index (χ3n) is 3.74. The van der Waals surface area contributed by atoms with Crippen molar-refractivity contribution in [3.05, 3.63) is 36.3 Å². The molecule has 3 aromatic rings. The summed E-state index contributed by atoms with van der Waals surface area (Å²) in [6.07, 6.45) is 7.77. The minimum Gasteiger partial charge on any atom is -0.366 e. The summed E-state index contributed by atoms with van der Waals surface area (Å²) in [4.78, 5) is 19.6. The fourth-order valence-electron chi connectivity index (χ4n) is 2.26. The lowest BCUT2D eigenvalue weighted by atomic mass is 10.3. The van der Waals surface area contributed by atoms with E-state index >= 15 is 0 Å². The first-order valence-electron chi connectivity index (χ1n) is 7.57. The minimum absolute atomic E-state index is 0.363. The summed E-state index contributed by atoms with van der Waals surface area (Å²) in [5, 5.41) is 8.04. The van der Waals surface area contributed by atoms with Crippen LogP contribution in [-0.2, 0) is 6.54 Å². The predicted octanol–water partition coefficient (Wildman–Crippen LogP) is 2.05. The molecule has 0 bridgehead atoms. The number of aromatic nitrogens is 5. The summed E-state index contributed by atoms with van der Waals surface area (Å²) < 4.78 is 6.30. The van der Waals surface area contributed by atoms with Gasteiger partial charge in [0.05, 0.1) is 17.3 Å². The largest absolute Gasteiger partial charge is 0.366 e. The molecule has 0 saturated heterocycles. The zero-order chi connectivity index (χ0) is 16.5. The molecule has 9 heteroatoms. The Hall–Kier alpha value is -2.81. The first-order chi connectivity index (χ1) is 11.7. The summed E-state index contributed by atoms with van der Waals surface area (Å²) in [5.41, 5.74) is 6.46. The average Bonchev–Trinajstić information content (AvgIpc) is 3.07. The zero-order valence-electron chi connectivity index (χ0n) is 12.7. The molecule has 1 amide bonds. The quantitative estimate of drug-likeness (QED) is 0.710. The first kappa shape index (κ1) is 14.8. The summed E-state index contributed by atoms with van der Waals surface area (Å²) >= 11 is 1.24. The van der Waals surface area contributed by atoms with E-state index in [1.807, 2.05) is 10.9 Å². The van der Waals surface area contributed by atoms with Crippen molar-refractivity contribution in [2.45, 2.75) is 19.4 Å². The van der Waals surface area contributed by atoms with Crippen LogP contribution in [0.1, 0.15) is 23.2 Å². The van der Waals surface area contributed by atoms with E-state index in [1.165, 1.54) is 30.6 Å². The SMILES string of the molecule is NC(=O)c1ccc(Nc2nc(-c3cnn(CC4CC4)c3)ns2)nc1. The zero-order valence-corrected chi connectivity index (χ0v) is 13.5. The topological polar surface area (TPSA) is 112 Å². The molecule has 0 aliphatic heterocycles. The van der Waals surface area contributed by atoms with E-state index in [0.717, 1.165) is 18.0 Å². The molecule has 3 aromatic heterocycles. The molecule has 0 spiro atoms. The van der Waals surface area contributed by atoms with Crippen LogP contribution in [0.15, 0.2) is 30.7 Å². The Kier molecular flexibility index (Phi) is 3.69. The second-order valence-corrected chi connectivity index (χ2v) is 6.49. The highest BCUT2D eigenvalue weighted by atomic mass is 32.1. The molecule has 24 heavy (non-hydrogen) atoms. The number of nitrogens with two attached hydrogens (primary N) is 1. The molecule has 122 valence electrons. The van der Waals surface area contributed by atoms with Gasteiger partial charge in [0.15, 0.2) is 5.82 Å². The van der Waals surface area contributed by atoms with Gasteiger partial charge < -0.3 is 11.1 Å². The monoisotopic (exact) mass is 341 g/mol. The molecule has 1 saturated carbocycles. The van der Waals surface area contributed by atoms with Crippen LogP contribution in [0.2, 0.25) is 0 Å². The Morgan fingerprint density at radius 2 is 2.25 bits per heavy atom. The number of carbonyl (C=O) groups is 1. The van der Waals surface area contributed by atoms with Gasteiger partial charge in [-0.2, -0.15) is 14.5 Å². The lowest BCUT2D eigenvalue weighted by molar-refractivity contribution is 0.1000. The summed E-state index contributed by atoms with van der Waals surface area (Å²) in [6, 6.07) is 3.29. The third kappa shape index (κ3) is 3.25. The summed E-state index contributed by atoms with van der Waals surface area (Å²) in [7, 11) is 0. The molecule has 4 rings (SSSR count). The van der Waals surface area contributed by atoms with Crippen molar-refractivity contribution in [2.75, 3.05) is 5.32 Å². The van der Waals surface area contributed by atoms with Crippen LogP contribution >= 0.6 is 11.5 Å². The van der Waals surface area contributed by atoms with Gasteiger partial charge in [-0.1, -0.05) is 0 Å². The van der Waals surface area contributed by atoms with Crippen LogP contribution < -0.4 is 11.1 Å². The highest BCUT2D eigenvalue weighted by Gasteiger charge is 2.22. The molecule has 3 heterocycles. The summed E-state index contributed by atoms with van der Waals surface area (Å²) in [6.45, 7) is 0.964. The Bertz CT molecular complexity index is 866. The maximum Gasteiger partial charge on any atom is 0.250 e. The lowest BCUT2D eigenvalue weighted by Gasteiger charge is -2.01. The predicted molar refractivity (Wildman–Crippen MR) is 89.9 cm³/mol. The van der Waals surface area contributed by atoms with Gasteiger partial charge in [-0.15, -0.1) is 0 Å². The minimum atomic E-state index is -0.504. The van der Waals surface area contributed by atoms with Crippen molar-refractivity contribution in [1.29, 1.82) is 0 Å². The highest BCUT2D eigenvalue weighted by Crippen LogP contribution is 2.31. The molecule has 0 atom stereocenters. The molecular weight excluding hydrogens is 326 g/mol. The molecular formula is C15H15N7OS. The van der Waals surface area contributed by atoms with E-state index in [-0.39, 0.29) is 0 Å². The molecule has 3 N–H and O–H groups in total. The number of hydrogen-bond donors (Lipinski definition) is 2. The molecule has 8 nitrogen and oxygen atoms in total. The average molecular weight is 341 g/mol. The Labute approximate surface area is 141 Å². The molecule has 0 aromatic carbocycles.